The van der Waals surface area contributed by atoms with Gasteiger partial charge in [-0.15, -0.1) is 0 Å². The molecule has 0 radical (unpaired) electrons. The predicted octanol–water partition coefficient (Wildman–Crippen LogP) is 4.77. The van der Waals surface area contributed by atoms with Crippen molar-refractivity contribution < 1.29 is 14.3 Å². The van der Waals surface area contributed by atoms with Crippen LogP contribution in [0.4, 0.5) is 0 Å². The van der Waals surface area contributed by atoms with E-state index >= 15 is 0 Å². The number of amides is 2. The molecule has 3 aromatic rings. The molecule has 2 N–H and O–H groups in total. The molecule has 2 aliphatic rings. The Kier molecular flexibility index (Phi) is 6.92. The number of aromatic nitrogens is 2. The number of hydrogen-bond donors (Lipinski definition) is 2. The van der Waals surface area contributed by atoms with Gasteiger partial charge in [-0.05, 0) is 75.9 Å². The minimum absolute atomic E-state index is 0.102. The minimum Gasteiger partial charge on any atom is -0.451 e. The topological polar surface area (TPSA) is 128 Å². The van der Waals surface area contributed by atoms with E-state index in [1.165, 1.54) is 6.07 Å². The first kappa shape index (κ1) is 27.4. The van der Waals surface area contributed by atoms with E-state index in [1.807, 2.05) is 32.0 Å². The lowest BCUT2D eigenvalue weighted by atomic mass is 9.83. The lowest BCUT2D eigenvalue weighted by molar-refractivity contribution is -0.135. The van der Waals surface area contributed by atoms with E-state index in [1.54, 1.807) is 43.0 Å². The van der Waals surface area contributed by atoms with Gasteiger partial charge in [0, 0.05) is 23.1 Å². The van der Waals surface area contributed by atoms with Gasteiger partial charge in [0.15, 0.2) is 5.75 Å². The van der Waals surface area contributed by atoms with Gasteiger partial charge in [0.2, 0.25) is 5.91 Å². The van der Waals surface area contributed by atoms with Crippen molar-refractivity contribution in [3.05, 3.63) is 86.3 Å². The summed E-state index contributed by atoms with van der Waals surface area (Å²) >= 11 is 6.64. The van der Waals surface area contributed by atoms with Crippen LogP contribution in [0.15, 0.2) is 53.3 Å². The molecule has 3 atom stereocenters. The quantitative estimate of drug-likeness (QED) is 0.447. The zero-order valence-corrected chi connectivity index (χ0v) is 23.5. The number of benzene rings is 2. The van der Waals surface area contributed by atoms with Gasteiger partial charge >= 0.3 is 5.56 Å². The van der Waals surface area contributed by atoms with Crippen molar-refractivity contribution in [2.75, 3.05) is 0 Å². The summed E-state index contributed by atoms with van der Waals surface area (Å²) in [6, 6.07) is 15.1. The van der Waals surface area contributed by atoms with Crippen LogP contribution >= 0.6 is 11.6 Å². The van der Waals surface area contributed by atoms with Crippen LogP contribution in [0.2, 0.25) is 5.02 Å². The Labute approximate surface area is 237 Å². The molecule has 40 heavy (non-hydrogen) atoms. The summed E-state index contributed by atoms with van der Waals surface area (Å²) in [7, 11) is 0. The van der Waals surface area contributed by atoms with E-state index in [9.17, 15) is 19.6 Å². The summed E-state index contributed by atoms with van der Waals surface area (Å²) in [6.45, 7) is 7.18. The molecule has 206 valence electrons. The third-order valence-electron chi connectivity index (χ3n) is 8.04. The second-order valence-corrected chi connectivity index (χ2v) is 11.5. The molecule has 3 heterocycles. The van der Waals surface area contributed by atoms with E-state index in [0.717, 1.165) is 5.56 Å². The van der Waals surface area contributed by atoms with Crippen LogP contribution in [0.1, 0.15) is 60.3 Å². The van der Waals surface area contributed by atoms with E-state index in [4.69, 9.17) is 16.3 Å². The summed E-state index contributed by atoms with van der Waals surface area (Å²) in [5, 5.41) is 19.6. The van der Waals surface area contributed by atoms with Crippen molar-refractivity contribution in [2.45, 2.75) is 64.6 Å². The van der Waals surface area contributed by atoms with E-state index in [2.05, 4.69) is 21.6 Å². The highest BCUT2D eigenvalue weighted by Gasteiger charge is 2.61. The molecule has 2 aromatic carbocycles. The van der Waals surface area contributed by atoms with E-state index in [0.29, 0.717) is 46.9 Å². The Morgan fingerprint density at radius 3 is 2.65 bits per heavy atom. The molecule has 1 aromatic heterocycles. The fourth-order valence-corrected chi connectivity index (χ4v) is 6.30. The number of nitrogens with zero attached hydrogens (tertiary/aromatic N) is 3. The Morgan fingerprint density at radius 1 is 1.20 bits per heavy atom. The number of fused-ring (bicyclic) bond motifs is 1. The van der Waals surface area contributed by atoms with Gasteiger partial charge in [-0.1, -0.05) is 29.8 Å². The van der Waals surface area contributed by atoms with Gasteiger partial charge in [0.05, 0.1) is 28.8 Å². The smallest absolute Gasteiger partial charge is 0.307 e. The molecule has 10 heteroatoms. The molecule has 9 nitrogen and oxygen atoms in total. The summed E-state index contributed by atoms with van der Waals surface area (Å²) in [4.78, 5) is 41.1. The molecule has 0 bridgehead atoms. The van der Waals surface area contributed by atoms with Gasteiger partial charge in [0.25, 0.3) is 5.91 Å². The third-order valence-corrected chi connectivity index (χ3v) is 8.37. The molecule has 0 saturated carbocycles. The van der Waals surface area contributed by atoms with Crippen LogP contribution in [-0.4, -0.2) is 39.0 Å². The number of ether oxygens (including phenoxy) is 1. The Morgan fingerprint density at radius 2 is 1.95 bits per heavy atom. The van der Waals surface area contributed by atoms with Gasteiger partial charge < -0.3 is 15.0 Å². The number of aromatic amines is 1. The Balaban J connectivity index is 1.41. The van der Waals surface area contributed by atoms with Crippen LogP contribution in [0.25, 0.3) is 0 Å². The van der Waals surface area contributed by atoms with Crippen LogP contribution in [-0.2, 0) is 10.3 Å². The van der Waals surface area contributed by atoms with Gasteiger partial charge in [-0.3, -0.25) is 14.4 Å². The average molecular weight is 560 g/mol. The SMILES string of the molecule is Cc1cc(Oc2ccc(C(=O)N[C@H]3C[C@@]4(c5ccccc5Cl)CC[C@H](C(C)(C)C#N)N4C3=O)cc2C)c(=O)[nH]n1. The molecular weight excluding hydrogens is 530 g/mol. The number of carbonyl (C=O) groups excluding carboxylic acids is 2. The van der Waals surface area contributed by atoms with Crippen molar-refractivity contribution in [2.24, 2.45) is 5.41 Å². The van der Waals surface area contributed by atoms with Gasteiger partial charge in [-0.2, -0.15) is 10.4 Å². The number of nitriles is 1. The zero-order valence-electron chi connectivity index (χ0n) is 22.7. The maximum atomic E-state index is 13.9. The molecule has 0 unspecified atom stereocenters. The number of carbonyl (C=O) groups is 2. The number of rotatable bonds is 6. The lowest BCUT2D eigenvalue weighted by Crippen LogP contribution is -2.50. The molecule has 2 saturated heterocycles. The molecular formula is C30H30ClN5O4. The fourth-order valence-electron chi connectivity index (χ4n) is 5.99. The van der Waals surface area contributed by atoms with Crippen molar-refractivity contribution in [1.29, 1.82) is 5.26 Å². The second-order valence-electron chi connectivity index (χ2n) is 11.1. The highest BCUT2D eigenvalue weighted by molar-refractivity contribution is 6.31. The number of halogens is 1. The highest BCUT2D eigenvalue weighted by atomic mass is 35.5. The Hall–Kier alpha value is -4.16. The first-order valence-corrected chi connectivity index (χ1v) is 13.5. The van der Waals surface area contributed by atoms with Crippen molar-refractivity contribution in [1.82, 2.24) is 20.4 Å². The third kappa shape index (κ3) is 4.62. The molecule has 2 amide bonds. The second kappa shape index (κ2) is 10.1. The van der Waals surface area contributed by atoms with Crippen LogP contribution in [0.3, 0.4) is 0 Å². The number of nitrogens with one attached hydrogen (secondary N) is 2. The number of H-pyrrole nitrogens is 1. The number of aryl methyl sites for hydroxylation is 2. The normalized spacial score (nSPS) is 22.1. The largest absolute Gasteiger partial charge is 0.451 e. The molecule has 0 aliphatic carbocycles. The van der Waals surface area contributed by atoms with Gasteiger partial charge in [0.1, 0.15) is 11.8 Å². The monoisotopic (exact) mass is 559 g/mol. The summed E-state index contributed by atoms with van der Waals surface area (Å²) < 4.78 is 5.77. The van der Waals surface area contributed by atoms with Gasteiger partial charge in [-0.25, -0.2) is 5.10 Å². The first-order chi connectivity index (χ1) is 19.0. The fraction of sp³-hybridized carbons (Fsp3) is 0.367. The predicted molar refractivity (Wildman–Crippen MR) is 149 cm³/mol. The maximum absolute atomic E-state index is 13.9. The van der Waals surface area contributed by atoms with Crippen molar-refractivity contribution >= 4 is 23.4 Å². The van der Waals surface area contributed by atoms with Crippen LogP contribution < -0.4 is 15.6 Å². The first-order valence-electron chi connectivity index (χ1n) is 13.1. The highest BCUT2D eigenvalue weighted by Crippen LogP contribution is 2.55. The summed E-state index contributed by atoms with van der Waals surface area (Å²) in [5.41, 5.74) is 0.470. The molecule has 2 aliphatic heterocycles. The lowest BCUT2D eigenvalue weighted by Gasteiger charge is -2.39. The number of hydrogen-bond acceptors (Lipinski definition) is 6. The van der Waals surface area contributed by atoms with Crippen molar-refractivity contribution in [3.8, 4) is 17.6 Å². The zero-order chi connectivity index (χ0) is 28.8. The summed E-state index contributed by atoms with van der Waals surface area (Å²) in [5.74, 6) is -0.102. The Bertz CT molecular complexity index is 1610. The molecule has 2 fully saturated rings. The van der Waals surface area contributed by atoms with Crippen molar-refractivity contribution in [3.63, 3.8) is 0 Å². The molecule has 0 spiro atoms. The standard InChI is InChI=1S/C30H30ClN5O4/c1-17-13-19(9-10-23(17)40-24-14-18(2)34-35-27(24)38)26(37)33-22-15-30(20-7-5-6-8-21(20)31)12-11-25(29(3,4)16-32)36(30)28(22)39/h5-10,13-14,22,25H,11-12,15H2,1-4H3,(H,33,37)(H,35,38)/t22-,25+,30+/m0/s1. The van der Waals surface area contributed by atoms with Crippen LogP contribution in [0, 0.1) is 30.6 Å². The molecule has 5 rings (SSSR count). The minimum atomic E-state index is -0.782. The van der Waals surface area contributed by atoms with E-state index in [-0.39, 0.29) is 17.7 Å². The average Bonchev–Trinajstić information content (AvgIpc) is 3.43. The maximum Gasteiger partial charge on any atom is 0.307 e. The van der Waals surface area contributed by atoms with Crippen LogP contribution in [0.5, 0.6) is 11.5 Å². The summed E-state index contributed by atoms with van der Waals surface area (Å²) in [6.07, 6.45) is 1.66. The van der Waals surface area contributed by atoms with E-state index < -0.39 is 28.5 Å².